The van der Waals surface area contributed by atoms with Gasteiger partial charge in [0, 0.05) is 13.0 Å². The summed E-state index contributed by atoms with van der Waals surface area (Å²) in [5.74, 6) is 1.04. The van der Waals surface area contributed by atoms with E-state index in [1.807, 2.05) is 6.07 Å². The fourth-order valence-electron chi connectivity index (χ4n) is 2.65. The molecule has 1 aliphatic rings. The number of benzene rings is 1. The van der Waals surface area contributed by atoms with E-state index in [1.165, 1.54) is 6.92 Å². The van der Waals surface area contributed by atoms with E-state index in [9.17, 15) is 13.5 Å². The molecule has 2 aromatic rings. The van der Waals surface area contributed by atoms with Crippen LogP contribution in [-0.4, -0.2) is 31.8 Å². The number of rotatable bonds is 5. The van der Waals surface area contributed by atoms with Gasteiger partial charge in [-0.2, -0.15) is 0 Å². The van der Waals surface area contributed by atoms with Crippen molar-refractivity contribution in [2.45, 2.75) is 31.3 Å². The molecule has 0 spiro atoms. The largest absolute Gasteiger partial charge is 0.493 e. The normalized spacial score (nSPS) is 15.3. The summed E-state index contributed by atoms with van der Waals surface area (Å²) >= 11 is 0. The first-order valence-electron chi connectivity index (χ1n) is 7.24. The average molecular weight is 338 g/mol. The number of fused-ring (bicyclic) bond motifs is 1. The maximum atomic E-state index is 12.3. The number of ether oxygens (including phenoxy) is 1. The fourth-order valence-corrected chi connectivity index (χ4v) is 4.01. The van der Waals surface area contributed by atoms with Crippen LogP contribution in [0.15, 0.2) is 27.6 Å². The lowest BCUT2D eigenvalue weighted by Crippen LogP contribution is -2.29. The summed E-state index contributed by atoms with van der Waals surface area (Å²) in [6.07, 6.45) is -0.156. The van der Waals surface area contributed by atoms with Crippen LogP contribution in [0.3, 0.4) is 0 Å². The number of hydrogen-bond donors (Lipinski definition) is 2. The lowest BCUT2D eigenvalue weighted by atomic mass is 10.0. The molecule has 1 aliphatic heterocycles. The fraction of sp³-hybridized carbons (Fsp3) is 0.400. The molecule has 2 N–H and O–H groups in total. The van der Waals surface area contributed by atoms with Crippen molar-refractivity contribution in [3.63, 3.8) is 0 Å². The van der Waals surface area contributed by atoms with Crippen LogP contribution in [0, 0.1) is 13.8 Å². The van der Waals surface area contributed by atoms with E-state index >= 15 is 0 Å². The second-order valence-electron chi connectivity index (χ2n) is 5.49. The maximum Gasteiger partial charge on any atom is 0.246 e. The van der Waals surface area contributed by atoms with Gasteiger partial charge in [-0.05, 0) is 37.1 Å². The maximum absolute atomic E-state index is 12.3. The van der Waals surface area contributed by atoms with Crippen LogP contribution in [0.4, 0.5) is 0 Å². The molecular weight excluding hydrogens is 320 g/mol. The van der Waals surface area contributed by atoms with Crippen LogP contribution < -0.4 is 9.46 Å². The number of nitrogens with zero attached hydrogens (tertiary/aromatic N) is 1. The summed E-state index contributed by atoms with van der Waals surface area (Å²) in [6.45, 7) is 3.59. The second kappa shape index (κ2) is 5.95. The Labute approximate surface area is 134 Å². The van der Waals surface area contributed by atoms with Crippen molar-refractivity contribution in [2.75, 3.05) is 13.2 Å². The Morgan fingerprint density at radius 1 is 1.39 bits per heavy atom. The molecule has 0 radical (unpaired) electrons. The summed E-state index contributed by atoms with van der Waals surface area (Å²) in [5.41, 5.74) is 1.96. The van der Waals surface area contributed by atoms with Crippen LogP contribution in [0.1, 0.15) is 28.7 Å². The third kappa shape index (κ3) is 3.10. The van der Waals surface area contributed by atoms with E-state index in [2.05, 4.69) is 9.88 Å². The lowest BCUT2D eigenvalue weighted by molar-refractivity contribution is 0.182. The smallest absolute Gasteiger partial charge is 0.246 e. The molecule has 0 saturated heterocycles. The Morgan fingerprint density at radius 3 is 2.87 bits per heavy atom. The molecule has 8 heteroatoms. The van der Waals surface area contributed by atoms with Crippen molar-refractivity contribution in [2.24, 2.45) is 0 Å². The molecule has 1 aromatic carbocycles. The van der Waals surface area contributed by atoms with E-state index in [-0.39, 0.29) is 17.2 Å². The van der Waals surface area contributed by atoms with Gasteiger partial charge >= 0.3 is 0 Å². The molecule has 3 rings (SSSR count). The Morgan fingerprint density at radius 2 is 2.17 bits per heavy atom. The average Bonchev–Trinajstić information content (AvgIpc) is 3.10. The van der Waals surface area contributed by atoms with Crippen LogP contribution in [0.25, 0.3) is 0 Å². The molecular formula is C15H18N2O5S. The van der Waals surface area contributed by atoms with Gasteiger partial charge < -0.3 is 14.4 Å². The van der Waals surface area contributed by atoms with E-state index in [0.717, 1.165) is 17.7 Å². The van der Waals surface area contributed by atoms with Crippen molar-refractivity contribution >= 4 is 10.0 Å². The molecule has 0 bridgehead atoms. The van der Waals surface area contributed by atoms with Crippen molar-refractivity contribution in [3.05, 3.63) is 40.8 Å². The molecule has 0 saturated carbocycles. The highest BCUT2D eigenvalue weighted by molar-refractivity contribution is 7.89. The zero-order valence-corrected chi connectivity index (χ0v) is 13.7. The van der Waals surface area contributed by atoms with Crippen LogP contribution in [0.5, 0.6) is 5.75 Å². The molecule has 7 nitrogen and oxygen atoms in total. The minimum atomic E-state index is -3.78. The monoisotopic (exact) mass is 338 g/mol. The highest BCUT2D eigenvalue weighted by Crippen LogP contribution is 2.28. The Balaban J connectivity index is 1.73. The van der Waals surface area contributed by atoms with Crippen molar-refractivity contribution in [1.29, 1.82) is 0 Å². The number of hydrogen-bond acceptors (Lipinski definition) is 6. The molecule has 0 aliphatic carbocycles. The van der Waals surface area contributed by atoms with E-state index < -0.39 is 16.1 Å². The van der Waals surface area contributed by atoms with E-state index in [4.69, 9.17) is 9.26 Å². The van der Waals surface area contributed by atoms with Crippen LogP contribution >= 0.6 is 0 Å². The Kier molecular flexibility index (Phi) is 4.13. The Bertz CT molecular complexity index is 809. The number of aromatic nitrogens is 1. The van der Waals surface area contributed by atoms with Gasteiger partial charge in [0.15, 0.2) is 5.76 Å². The topological polar surface area (TPSA) is 102 Å². The Hall–Kier alpha value is -1.90. The minimum Gasteiger partial charge on any atom is -0.493 e. The summed E-state index contributed by atoms with van der Waals surface area (Å²) in [5, 5.41) is 13.9. The third-order valence-corrected chi connectivity index (χ3v) is 5.47. The molecule has 2 heterocycles. The quantitative estimate of drug-likeness (QED) is 0.850. The van der Waals surface area contributed by atoms with Gasteiger partial charge in [0.05, 0.1) is 12.7 Å². The van der Waals surface area contributed by atoms with Gasteiger partial charge in [-0.3, -0.25) is 0 Å². The number of sulfonamides is 1. The lowest BCUT2D eigenvalue weighted by Gasteiger charge is -2.13. The second-order valence-corrected chi connectivity index (χ2v) is 7.19. The van der Waals surface area contributed by atoms with Gasteiger partial charge in [0.2, 0.25) is 10.0 Å². The van der Waals surface area contributed by atoms with E-state index in [0.29, 0.717) is 17.9 Å². The number of aliphatic hydroxyl groups is 1. The first-order valence-corrected chi connectivity index (χ1v) is 8.73. The zero-order chi connectivity index (χ0) is 16.6. The molecule has 1 unspecified atom stereocenters. The van der Waals surface area contributed by atoms with Gasteiger partial charge in [-0.1, -0.05) is 11.2 Å². The van der Waals surface area contributed by atoms with Gasteiger partial charge in [-0.15, -0.1) is 0 Å². The molecule has 1 aromatic heterocycles. The predicted molar refractivity (Wildman–Crippen MR) is 81.8 cm³/mol. The first kappa shape index (κ1) is 16.0. The van der Waals surface area contributed by atoms with Crippen molar-refractivity contribution in [3.8, 4) is 5.75 Å². The summed E-state index contributed by atoms with van der Waals surface area (Å²) in [4.78, 5) is 0.0204. The molecule has 124 valence electrons. The van der Waals surface area contributed by atoms with Crippen LogP contribution in [-0.2, 0) is 16.4 Å². The molecule has 1 atom stereocenters. The standard InChI is InChI=1S/C15H18N2O5S/c1-9-15(10(2)22-17-9)23(19,20)16-8-13(18)11-3-4-14-12(7-11)5-6-21-14/h3-4,7,13,16,18H,5-6,8H2,1-2H3. The molecule has 0 fully saturated rings. The zero-order valence-electron chi connectivity index (χ0n) is 12.9. The molecule has 0 amide bonds. The van der Waals surface area contributed by atoms with Gasteiger partial charge in [0.25, 0.3) is 0 Å². The SMILES string of the molecule is Cc1noc(C)c1S(=O)(=O)NCC(O)c1ccc2c(c1)CCO2. The van der Waals surface area contributed by atoms with Crippen LogP contribution in [0.2, 0.25) is 0 Å². The van der Waals surface area contributed by atoms with Gasteiger partial charge in [0.1, 0.15) is 16.3 Å². The number of aliphatic hydroxyl groups excluding tert-OH is 1. The highest BCUT2D eigenvalue weighted by Gasteiger charge is 2.25. The minimum absolute atomic E-state index is 0.0204. The molecule has 23 heavy (non-hydrogen) atoms. The number of aryl methyl sites for hydroxylation is 2. The third-order valence-electron chi connectivity index (χ3n) is 3.80. The first-order chi connectivity index (χ1) is 10.9. The van der Waals surface area contributed by atoms with Gasteiger partial charge in [-0.25, -0.2) is 13.1 Å². The highest BCUT2D eigenvalue weighted by atomic mass is 32.2. The summed E-state index contributed by atoms with van der Waals surface area (Å²) in [7, 11) is -3.78. The van der Waals surface area contributed by atoms with Crippen molar-refractivity contribution in [1.82, 2.24) is 9.88 Å². The summed E-state index contributed by atoms with van der Waals surface area (Å²) < 4.78 is 37.3. The predicted octanol–water partition coefficient (Wildman–Crippen LogP) is 1.24. The number of nitrogens with one attached hydrogen (secondary N) is 1. The summed E-state index contributed by atoms with van der Waals surface area (Å²) in [6, 6.07) is 5.37. The van der Waals surface area contributed by atoms with Crippen molar-refractivity contribution < 1.29 is 22.8 Å². The van der Waals surface area contributed by atoms with E-state index in [1.54, 1.807) is 19.1 Å².